The van der Waals surface area contributed by atoms with Crippen molar-refractivity contribution < 1.29 is 27.5 Å². The number of rotatable bonds is 12. The molecular weight excluding hydrogens is 360 g/mol. The summed E-state index contributed by atoms with van der Waals surface area (Å²) in [4.78, 5) is 23.6. The first-order valence-electron chi connectivity index (χ1n) is 7.62. The summed E-state index contributed by atoms with van der Waals surface area (Å²) < 4.78 is 34.6. The van der Waals surface area contributed by atoms with Gasteiger partial charge in [0.05, 0.1) is 17.6 Å². The van der Waals surface area contributed by atoms with Gasteiger partial charge in [0, 0.05) is 7.11 Å². The summed E-state index contributed by atoms with van der Waals surface area (Å²) in [7, 11) is -2.38. The van der Waals surface area contributed by atoms with Gasteiger partial charge >= 0.3 is 5.97 Å². The highest BCUT2D eigenvalue weighted by atomic mass is 35.5. The molecule has 0 saturated heterocycles. The van der Waals surface area contributed by atoms with Gasteiger partial charge in [0.1, 0.15) is 6.61 Å². The van der Waals surface area contributed by atoms with Crippen molar-refractivity contribution in [3.05, 3.63) is 0 Å². The lowest BCUT2D eigenvalue weighted by Gasteiger charge is -2.26. The molecule has 24 heavy (non-hydrogen) atoms. The molecule has 0 bridgehead atoms. The number of methoxy groups -OCH3 is 1. The van der Waals surface area contributed by atoms with E-state index >= 15 is 0 Å². The number of hydrogen-bond donors (Lipinski definition) is 2. The van der Waals surface area contributed by atoms with E-state index in [1.807, 2.05) is 13.8 Å². The minimum absolute atomic E-state index is 0. The summed E-state index contributed by atoms with van der Waals surface area (Å²) >= 11 is 0. The third-order valence-electron chi connectivity index (χ3n) is 3.48. The van der Waals surface area contributed by atoms with E-state index in [2.05, 4.69) is 0 Å². The van der Waals surface area contributed by atoms with E-state index in [-0.39, 0.29) is 25.6 Å². The van der Waals surface area contributed by atoms with Crippen LogP contribution in [0.5, 0.6) is 0 Å². The predicted octanol–water partition coefficient (Wildman–Crippen LogP) is 0.164. The molecule has 0 heterocycles. The highest BCUT2D eigenvalue weighted by Gasteiger charge is 2.47. The second kappa shape index (κ2) is 11.6. The van der Waals surface area contributed by atoms with Gasteiger partial charge in [0.15, 0.2) is 9.84 Å². The van der Waals surface area contributed by atoms with E-state index < -0.39 is 38.3 Å². The number of esters is 1. The fourth-order valence-electron chi connectivity index (χ4n) is 2.16. The van der Waals surface area contributed by atoms with Crippen LogP contribution < -0.4 is 11.5 Å². The van der Waals surface area contributed by atoms with Crippen molar-refractivity contribution in [1.29, 1.82) is 0 Å². The minimum Gasteiger partial charge on any atom is -0.461 e. The van der Waals surface area contributed by atoms with E-state index in [9.17, 15) is 18.0 Å². The number of primary amides is 1. The fraction of sp³-hybridized carbons (Fsp3) is 0.857. The number of carbonyl (C=O) groups is 2. The van der Waals surface area contributed by atoms with Crippen LogP contribution in [0.15, 0.2) is 0 Å². The third kappa shape index (κ3) is 7.33. The Morgan fingerprint density at radius 1 is 1.12 bits per heavy atom. The first kappa shape index (κ1) is 25.3. The third-order valence-corrected chi connectivity index (χ3v) is 5.83. The first-order chi connectivity index (χ1) is 10.7. The van der Waals surface area contributed by atoms with Gasteiger partial charge in [0.25, 0.3) is 0 Å². The number of carbonyl (C=O) groups excluding carboxylic acids is 2. The maximum Gasteiger partial charge on any atom is 0.337 e. The average Bonchev–Trinajstić information content (AvgIpc) is 2.46. The zero-order chi connectivity index (χ0) is 18.1. The zero-order valence-corrected chi connectivity index (χ0v) is 16.1. The number of amides is 1. The Morgan fingerprint density at radius 2 is 1.62 bits per heavy atom. The molecule has 144 valence electrons. The summed E-state index contributed by atoms with van der Waals surface area (Å²) in [6.45, 7) is 3.68. The van der Waals surface area contributed by atoms with Gasteiger partial charge in [-0.3, -0.25) is 4.79 Å². The number of halogens is 1. The lowest BCUT2D eigenvalue weighted by Crippen LogP contribution is -2.63. The molecule has 0 aliphatic heterocycles. The number of nitrogens with two attached hydrogens (primary N) is 2. The van der Waals surface area contributed by atoms with Crippen LogP contribution >= 0.6 is 12.4 Å². The molecule has 0 rings (SSSR count). The SMILES string of the molecule is CCCC(CCC)S(=O)(=O)CC(N)(C(N)=O)C(=O)OCCOC.Cl. The Bertz CT molecular complexity index is 493. The quantitative estimate of drug-likeness (QED) is 0.276. The highest BCUT2D eigenvalue weighted by molar-refractivity contribution is 7.92. The van der Waals surface area contributed by atoms with E-state index in [0.29, 0.717) is 25.7 Å². The number of sulfone groups is 1. The van der Waals surface area contributed by atoms with Gasteiger partial charge in [-0.1, -0.05) is 26.7 Å². The average molecular weight is 389 g/mol. The Morgan fingerprint density at radius 3 is 2.00 bits per heavy atom. The molecule has 10 heteroatoms. The Balaban J connectivity index is 0. The van der Waals surface area contributed by atoms with E-state index in [4.69, 9.17) is 20.9 Å². The van der Waals surface area contributed by atoms with Crippen LogP contribution in [0, 0.1) is 0 Å². The fourth-order valence-corrected chi connectivity index (χ4v) is 4.48. The van der Waals surface area contributed by atoms with Crippen molar-refractivity contribution in [3.63, 3.8) is 0 Å². The normalized spacial score (nSPS) is 13.9. The van der Waals surface area contributed by atoms with Gasteiger partial charge in [-0.25, -0.2) is 13.2 Å². The number of ether oxygens (including phenoxy) is 2. The molecule has 0 aromatic heterocycles. The van der Waals surface area contributed by atoms with Gasteiger partial charge in [-0.05, 0) is 12.8 Å². The summed E-state index contributed by atoms with van der Waals surface area (Å²) in [6.07, 6.45) is 2.19. The van der Waals surface area contributed by atoms with Crippen molar-refractivity contribution in [1.82, 2.24) is 0 Å². The Kier molecular flexibility index (Phi) is 12.3. The first-order valence-corrected chi connectivity index (χ1v) is 9.33. The van der Waals surface area contributed by atoms with Crippen molar-refractivity contribution in [2.24, 2.45) is 11.5 Å². The largest absolute Gasteiger partial charge is 0.461 e. The molecule has 1 atom stereocenters. The molecule has 0 saturated carbocycles. The van der Waals surface area contributed by atoms with Crippen LogP contribution in [0.2, 0.25) is 0 Å². The second-order valence-electron chi connectivity index (χ2n) is 5.47. The summed E-state index contributed by atoms with van der Waals surface area (Å²) in [5.74, 6) is -3.24. The van der Waals surface area contributed by atoms with Crippen LogP contribution in [-0.4, -0.2) is 57.2 Å². The Labute approximate surface area is 149 Å². The highest BCUT2D eigenvalue weighted by Crippen LogP contribution is 2.20. The lowest BCUT2D eigenvalue weighted by atomic mass is 10.0. The molecule has 0 radical (unpaired) electrons. The molecule has 1 unspecified atom stereocenters. The van der Waals surface area contributed by atoms with Crippen LogP contribution in [0.1, 0.15) is 39.5 Å². The van der Waals surface area contributed by atoms with E-state index in [0.717, 1.165) is 0 Å². The van der Waals surface area contributed by atoms with Gasteiger partial charge in [-0.2, -0.15) is 0 Å². The second-order valence-corrected chi connectivity index (χ2v) is 7.75. The summed E-state index contributed by atoms with van der Waals surface area (Å²) in [5, 5.41) is -0.661. The summed E-state index contributed by atoms with van der Waals surface area (Å²) in [5.41, 5.74) is 8.49. The van der Waals surface area contributed by atoms with Crippen molar-refractivity contribution in [2.75, 3.05) is 26.1 Å². The van der Waals surface area contributed by atoms with Crippen LogP contribution in [-0.2, 0) is 28.9 Å². The lowest BCUT2D eigenvalue weighted by molar-refractivity contribution is -0.153. The molecule has 0 spiro atoms. The maximum atomic E-state index is 12.5. The van der Waals surface area contributed by atoms with Gasteiger partial charge in [-0.15, -0.1) is 12.4 Å². The van der Waals surface area contributed by atoms with Gasteiger partial charge in [0.2, 0.25) is 11.4 Å². The molecule has 0 aromatic carbocycles. The smallest absolute Gasteiger partial charge is 0.337 e. The molecule has 0 fully saturated rings. The topological polar surface area (TPSA) is 139 Å². The minimum atomic E-state index is -3.78. The monoisotopic (exact) mass is 388 g/mol. The molecule has 8 nitrogen and oxygen atoms in total. The molecule has 0 aliphatic rings. The predicted molar refractivity (Wildman–Crippen MR) is 93.6 cm³/mol. The zero-order valence-electron chi connectivity index (χ0n) is 14.4. The van der Waals surface area contributed by atoms with Crippen molar-refractivity contribution in [2.45, 2.75) is 50.3 Å². The van der Waals surface area contributed by atoms with Crippen molar-refractivity contribution in [3.8, 4) is 0 Å². The molecular formula is C14H29ClN2O6S. The van der Waals surface area contributed by atoms with E-state index in [1.165, 1.54) is 7.11 Å². The van der Waals surface area contributed by atoms with Crippen LogP contribution in [0.3, 0.4) is 0 Å². The maximum absolute atomic E-state index is 12.5. The molecule has 0 aromatic rings. The van der Waals surface area contributed by atoms with Crippen LogP contribution in [0.4, 0.5) is 0 Å². The van der Waals surface area contributed by atoms with Crippen molar-refractivity contribution >= 4 is 34.1 Å². The Hall–Kier alpha value is -0.900. The summed E-state index contributed by atoms with van der Waals surface area (Å²) in [6, 6.07) is 0. The molecule has 1 amide bonds. The van der Waals surface area contributed by atoms with Crippen LogP contribution in [0.25, 0.3) is 0 Å². The standard InChI is InChI=1S/C14H28N2O6S.ClH/c1-4-6-11(7-5-2)23(19,20)10-14(16,12(15)17)13(18)22-9-8-21-3;/h11H,4-10,16H2,1-3H3,(H2,15,17);1H. The molecule has 4 N–H and O–H groups in total. The van der Waals surface area contributed by atoms with E-state index in [1.54, 1.807) is 0 Å². The molecule has 0 aliphatic carbocycles. The van der Waals surface area contributed by atoms with Gasteiger partial charge < -0.3 is 20.9 Å². The number of hydrogen-bond acceptors (Lipinski definition) is 7.